The summed E-state index contributed by atoms with van der Waals surface area (Å²) in [5, 5.41) is 1.67. The lowest BCUT2D eigenvalue weighted by molar-refractivity contribution is 0.0985. The summed E-state index contributed by atoms with van der Waals surface area (Å²) in [4.78, 5) is 15.9. The molecule has 0 fully saturated rings. The molecule has 0 bridgehead atoms. The molecule has 7 heteroatoms. The lowest BCUT2D eigenvalue weighted by Crippen LogP contribution is -2.28. The van der Waals surface area contributed by atoms with Crippen molar-refractivity contribution >= 4 is 33.3 Å². The first kappa shape index (κ1) is 14.4. The number of hydrogen-bond acceptors (Lipinski definition) is 5. The van der Waals surface area contributed by atoms with Gasteiger partial charge in [-0.1, -0.05) is 30.3 Å². The van der Waals surface area contributed by atoms with E-state index in [1.807, 2.05) is 10.8 Å². The Balaban J connectivity index is 2.08. The van der Waals surface area contributed by atoms with E-state index >= 15 is 0 Å². The average Bonchev–Trinajstić information content (AvgIpc) is 2.84. The second-order valence-electron chi connectivity index (χ2n) is 3.93. The van der Waals surface area contributed by atoms with Gasteiger partial charge in [0.2, 0.25) is 0 Å². The van der Waals surface area contributed by atoms with Gasteiger partial charge in [-0.15, -0.1) is 11.3 Å². The van der Waals surface area contributed by atoms with Gasteiger partial charge in [0.25, 0.3) is 15.9 Å². The first-order valence-corrected chi connectivity index (χ1v) is 8.05. The number of benzene rings is 1. The number of thiazole rings is 1. The van der Waals surface area contributed by atoms with Crippen molar-refractivity contribution in [3.8, 4) is 0 Å². The number of amides is 1. The van der Waals surface area contributed by atoms with Crippen LogP contribution in [0.5, 0.6) is 0 Å². The molecule has 2 aromatic rings. The molecule has 0 aliphatic rings. The highest BCUT2D eigenvalue weighted by Gasteiger charge is 2.15. The van der Waals surface area contributed by atoms with Crippen LogP contribution in [0.15, 0.2) is 41.9 Å². The highest BCUT2D eigenvalue weighted by atomic mass is 32.2. The first-order chi connectivity index (χ1) is 9.46. The van der Waals surface area contributed by atoms with Crippen molar-refractivity contribution < 1.29 is 13.2 Å². The Hall–Kier alpha value is -1.99. The van der Waals surface area contributed by atoms with Crippen LogP contribution in [0.4, 0.5) is 0 Å². The van der Waals surface area contributed by atoms with Crippen molar-refractivity contribution in [2.45, 2.75) is 6.92 Å². The molecule has 0 saturated carbocycles. The maximum absolute atomic E-state index is 11.8. The van der Waals surface area contributed by atoms with E-state index in [2.05, 4.69) is 4.98 Å². The van der Waals surface area contributed by atoms with Gasteiger partial charge < -0.3 is 0 Å². The van der Waals surface area contributed by atoms with Crippen LogP contribution >= 0.6 is 11.3 Å². The molecular weight excluding hydrogens is 296 g/mol. The van der Waals surface area contributed by atoms with Crippen LogP contribution in [0.1, 0.15) is 20.2 Å². The maximum atomic E-state index is 11.8. The fraction of sp³-hybridized carbons (Fsp3) is 0.0769. The molecule has 5 nitrogen and oxygen atoms in total. The van der Waals surface area contributed by atoms with E-state index in [4.69, 9.17) is 0 Å². The summed E-state index contributed by atoms with van der Waals surface area (Å²) >= 11 is 1.14. The first-order valence-electron chi connectivity index (χ1n) is 5.69. The summed E-state index contributed by atoms with van der Waals surface area (Å²) in [6.07, 6.45) is 2.78. The zero-order valence-corrected chi connectivity index (χ0v) is 12.2. The van der Waals surface area contributed by atoms with E-state index in [0.29, 0.717) is 5.01 Å². The minimum atomic E-state index is -3.82. The minimum absolute atomic E-state index is 0.263. The van der Waals surface area contributed by atoms with Crippen LogP contribution in [0.25, 0.3) is 6.08 Å². The summed E-state index contributed by atoms with van der Waals surface area (Å²) in [5.74, 6) is -0.673. The predicted octanol–water partition coefficient (Wildman–Crippen LogP) is 2.18. The maximum Gasteiger partial charge on any atom is 0.276 e. The third-order valence-corrected chi connectivity index (χ3v) is 4.20. The molecule has 1 aromatic heterocycles. The van der Waals surface area contributed by atoms with Gasteiger partial charge in [0.15, 0.2) is 0 Å². The highest BCUT2D eigenvalue weighted by Crippen LogP contribution is 2.11. The van der Waals surface area contributed by atoms with Gasteiger partial charge in [0.05, 0.1) is 16.6 Å². The Morgan fingerprint density at radius 3 is 2.60 bits per heavy atom. The average molecular weight is 308 g/mol. The monoisotopic (exact) mass is 308 g/mol. The van der Waals surface area contributed by atoms with Gasteiger partial charge >= 0.3 is 0 Å². The van der Waals surface area contributed by atoms with Gasteiger partial charge in [-0.3, -0.25) is 4.79 Å². The van der Waals surface area contributed by atoms with Gasteiger partial charge in [-0.25, -0.2) is 18.1 Å². The molecule has 0 radical (unpaired) electrons. The molecule has 1 heterocycles. The molecule has 0 aliphatic carbocycles. The zero-order chi connectivity index (χ0) is 14.6. The number of nitrogens with zero attached hydrogens (tertiary/aromatic N) is 1. The molecule has 0 spiro atoms. The number of rotatable bonds is 4. The van der Waals surface area contributed by atoms with Crippen LogP contribution in [-0.4, -0.2) is 19.3 Å². The van der Waals surface area contributed by atoms with Crippen molar-refractivity contribution in [3.63, 3.8) is 0 Å². The van der Waals surface area contributed by atoms with E-state index in [-0.39, 0.29) is 4.88 Å². The number of carbonyl (C=O) groups is 1. The second-order valence-corrected chi connectivity index (χ2v) is 6.73. The number of aryl methyl sites for hydroxylation is 1. The zero-order valence-electron chi connectivity index (χ0n) is 10.6. The molecular formula is C13H12N2O3S2. The van der Waals surface area contributed by atoms with E-state index < -0.39 is 15.9 Å². The van der Waals surface area contributed by atoms with Crippen LogP contribution in [0, 0.1) is 6.92 Å². The number of aromatic nitrogens is 1. The molecule has 0 atom stereocenters. The van der Waals surface area contributed by atoms with Crippen molar-refractivity contribution in [1.82, 2.24) is 9.71 Å². The standard InChI is InChI=1S/C13H12N2O3S2/c1-10-14-9-12(19-10)13(16)15-20(17,18)8-7-11-5-3-2-4-6-11/h2-9H,1H3,(H,15,16). The van der Waals surface area contributed by atoms with Crippen LogP contribution < -0.4 is 4.72 Å². The molecule has 104 valence electrons. The van der Waals surface area contributed by atoms with E-state index in [1.54, 1.807) is 31.2 Å². The largest absolute Gasteiger partial charge is 0.276 e. The fourth-order valence-corrected chi connectivity index (χ4v) is 2.92. The molecule has 20 heavy (non-hydrogen) atoms. The normalized spacial score (nSPS) is 11.7. The quantitative estimate of drug-likeness (QED) is 0.939. The van der Waals surface area contributed by atoms with Crippen molar-refractivity contribution in [1.29, 1.82) is 0 Å². The molecule has 0 unspecified atom stereocenters. The lowest BCUT2D eigenvalue weighted by atomic mass is 10.2. The van der Waals surface area contributed by atoms with Crippen molar-refractivity contribution in [2.24, 2.45) is 0 Å². The molecule has 1 aromatic carbocycles. The third kappa shape index (κ3) is 4.01. The smallest absolute Gasteiger partial charge is 0.267 e. The molecule has 0 saturated heterocycles. The molecule has 1 amide bonds. The SMILES string of the molecule is Cc1ncc(C(=O)NS(=O)(=O)C=Cc2ccccc2)s1. The minimum Gasteiger partial charge on any atom is -0.267 e. The number of sulfonamides is 1. The Morgan fingerprint density at radius 2 is 2.00 bits per heavy atom. The highest BCUT2D eigenvalue weighted by molar-refractivity contribution is 7.93. The summed E-state index contributed by atoms with van der Waals surface area (Å²) in [7, 11) is -3.82. The van der Waals surface area contributed by atoms with E-state index in [0.717, 1.165) is 22.3 Å². The van der Waals surface area contributed by atoms with E-state index in [9.17, 15) is 13.2 Å². The van der Waals surface area contributed by atoms with Gasteiger partial charge in [0.1, 0.15) is 4.88 Å². The summed E-state index contributed by atoms with van der Waals surface area (Å²) in [5.41, 5.74) is 0.735. The Kier molecular flexibility index (Phi) is 4.31. The summed E-state index contributed by atoms with van der Waals surface area (Å²) in [6.45, 7) is 1.74. The summed E-state index contributed by atoms with van der Waals surface area (Å²) < 4.78 is 25.5. The molecule has 0 aliphatic heterocycles. The van der Waals surface area contributed by atoms with Gasteiger partial charge in [-0.2, -0.15) is 0 Å². The topological polar surface area (TPSA) is 76.1 Å². The van der Waals surface area contributed by atoms with Crippen LogP contribution in [0.3, 0.4) is 0 Å². The van der Waals surface area contributed by atoms with Gasteiger partial charge in [-0.05, 0) is 18.6 Å². The third-order valence-electron chi connectivity index (χ3n) is 2.32. The molecule has 1 N–H and O–H groups in total. The van der Waals surface area contributed by atoms with Crippen LogP contribution in [-0.2, 0) is 10.0 Å². The Bertz CT molecular complexity index is 734. The number of nitrogens with one attached hydrogen (secondary N) is 1. The summed E-state index contributed by atoms with van der Waals surface area (Å²) in [6, 6.07) is 8.95. The number of carbonyl (C=O) groups excluding carboxylic acids is 1. The Labute approximate surface area is 121 Å². The van der Waals surface area contributed by atoms with E-state index in [1.165, 1.54) is 12.3 Å². The second kappa shape index (κ2) is 5.98. The molecule has 2 rings (SSSR count). The fourth-order valence-electron chi connectivity index (χ4n) is 1.41. The van der Waals surface area contributed by atoms with Crippen molar-refractivity contribution in [3.05, 3.63) is 57.4 Å². The predicted molar refractivity (Wildman–Crippen MR) is 78.7 cm³/mol. The number of hydrogen-bond donors (Lipinski definition) is 1. The Morgan fingerprint density at radius 1 is 1.30 bits per heavy atom. The lowest BCUT2D eigenvalue weighted by Gasteiger charge is -2.00. The van der Waals surface area contributed by atoms with Crippen LogP contribution in [0.2, 0.25) is 0 Å². The van der Waals surface area contributed by atoms with Crippen molar-refractivity contribution in [2.75, 3.05) is 0 Å². The van der Waals surface area contributed by atoms with Gasteiger partial charge in [0, 0.05) is 0 Å².